The molecule has 0 saturated heterocycles. The van der Waals surface area contributed by atoms with Crippen LogP contribution in [0.3, 0.4) is 0 Å². The molecule has 0 amide bonds. The Balaban J connectivity index is 1.98. The van der Waals surface area contributed by atoms with E-state index in [-0.39, 0.29) is 11.6 Å². The second-order valence-corrected chi connectivity index (χ2v) is 6.35. The van der Waals surface area contributed by atoms with Gasteiger partial charge in [-0.3, -0.25) is 9.59 Å². The van der Waals surface area contributed by atoms with Crippen LogP contribution in [0.15, 0.2) is 30.3 Å². The molecule has 2 aliphatic rings. The van der Waals surface area contributed by atoms with Gasteiger partial charge >= 0.3 is 0 Å². The highest BCUT2D eigenvalue weighted by atomic mass is 16.3. The van der Waals surface area contributed by atoms with Crippen molar-refractivity contribution in [1.29, 1.82) is 0 Å². The fraction of sp³-hybridized carbons (Fsp3) is 0.529. The predicted molar refractivity (Wildman–Crippen MR) is 75.4 cm³/mol. The summed E-state index contributed by atoms with van der Waals surface area (Å²) in [5.41, 5.74) is -1.26. The fourth-order valence-corrected chi connectivity index (χ4v) is 4.06. The van der Waals surface area contributed by atoms with E-state index in [4.69, 9.17) is 0 Å². The number of benzene rings is 1. The summed E-state index contributed by atoms with van der Waals surface area (Å²) in [6, 6.07) is 9.11. The van der Waals surface area contributed by atoms with E-state index in [1.807, 2.05) is 25.1 Å². The first kappa shape index (κ1) is 13.5. The molecule has 3 heteroatoms. The molecule has 0 heterocycles. The molecule has 1 aromatic rings. The first-order valence-electron chi connectivity index (χ1n) is 7.34. The van der Waals surface area contributed by atoms with Crippen LogP contribution in [-0.4, -0.2) is 22.3 Å². The molecule has 2 aliphatic carbocycles. The number of hydrogen-bond acceptors (Lipinski definition) is 3. The maximum Gasteiger partial charge on any atom is 0.168 e. The zero-order valence-electron chi connectivity index (χ0n) is 11.8. The molecule has 2 fully saturated rings. The molecular weight excluding hydrogens is 252 g/mol. The van der Waals surface area contributed by atoms with Crippen molar-refractivity contribution in [3.05, 3.63) is 35.9 Å². The molecule has 3 atom stereocenters. The van der Waals surface area contributed by atoms with Gasteiger partial charge in [-0.25, -0.2) is 0 Å². The molecule has 106 valence electrons. The topological polar surface area (TPSA) is 54.4 Å². The van der Waals surface area contributed by atoms with Crippen LogP contribution in [0.2, 0.25) is 0 Å². The van der Waals surface area contributed by atoms with E-state index in [0.29, 0.717) is 31.2 Å². The zero-order valence-corrected chi connectivity index (χ0v) is 11.8. The van der Waals surface area contributed by atoms with Gasteiger partial charge < -0.3 is 5.11 Å². The lowest BCUT2D eigenvalue weighted by molar-refractivity contribution is -0.146. The van der Waals surface area contributed by atoms with Crippen molar-refractivity contribution in [2.75, 3.05) is 0 Å². The van der Waals surface area contributed by atoms with Crippen LogP contribution < -0.4 is 0 Å². The van der Waals surface area contributed by atoms with Crippen LogP contribution in [0, 0.1) is 11.3 Å². The second kappa shape index (κ2) is 4.52. The largest absolute Gasteiger partial charge is 0.388 e. The van der Waals surface area contributed by atoms with E-state index in [9.17, 15) is 14.7 Å². The minimum atomic E-state index is -1.16. The molecular formula is C17H20O3. The first-order chi connectivity index (χ1) is 9.49. The summed E-state index contributed by atoms with van der Waals surface area (Å²) in [6.45, 7) is 1.84. The van der Waals surface area contributed by atoms with Crippen LogP contribution in [-0.2, 0) is 4.79 Å². The predicted octanol–water partition coefficient (Wildman–Crippen LogP) is 2.77. The fourth-order valence-electron chi connectivity index (χ4n) is 4.06. The van der Waals surface area contributed by atoms with Crippen LogP contribution in [0.1, 0.15) is 49.4 Å². The highest BCUT2D eigenvalue weighted by Gasteiger charge is 2.62. The number of ketones is 2. The minimum absolute atomic E-state index is 0.0197. The SMILES string of the molecule is CC12CCCC(C(=O)c3ccccc3)C1(O)CCC2=O. The van der Waals surface area contributed by atoms with Crippen molar-refractivity contribution >= 4 is 11.6 Å². The molecule has 0 aliphatic heterocycles. The Kier molecular flexibility index (Phi) is 3.05. The van der Waals surface area contributed by atoms with Crippen molar-refractivity contribution in [2.24, 2.45) is 11.3 Å². The standard InChI is InChI=1S/C17H20O3/c1-16-10-5-8-13(17(16,20)11-9-14(16)18)15(19)12-6-3-2-4-7-12/h2-4,6-7,13,20H,5,8-11H2,1H3. The molecule has 1 aromatic carbocycles. The van der Waals surface area contributed by atoms with Crippen LogP contribution in [0.4, 0.5) is 0 Å². The Hall–Kier alpha value is -1.48. The van der Waals surface area contributed by atoms with E-state index in [1.54, 1.807) is 12.1 Å². The van der Waals surface area contributed by atoms with Gasteiger partial charge in [-0.2, -0.15) is 0 Å². The van der Waals surface area contributed by atoms with Crippen molar-refractivity contribution in [1.82, 2.24) is 0 Å². The lowest BCUT2D eigenvalue weighted by atomic mass is 9.59. The quantitative estimate of drug-likeness (QED) is 0.842. The van der Waals surface area contributed by atoms with E-state index in [2.05, 4.69) is 0 Å². The van der Waals surface area contributed by atoms with Gasteiger partial charge in [0.2, 0.25) is 0 Å². The Labute approximate surface area is 119 Å². The maximum atomic E-state index is 12.7. The molecule has 0 radical (unpaired) electrons. The summed E-state index contributed by atoms with van der Waals surface area (Å²) in [5, 5.41) is 11.1. The van der Waals surface area contributed by atoms with E-state index in [0.717, 1.165) is 6.42 Å². The van der Waals surface area contributed by atoms with E-state index < -0.39 is 16.9 Å². The van der Waals surface area contributed by atoms with Gasteiger partial charge in [-0.1, -0.05) is 36.8 Å². The third-order valence-electron chi connectivity index (χ3n) is 5.42. The van der Waals surface area contributed by atoms with Gasteiger partial charge in [0.05, 0.1) is 16.9 Å². The van der Waals surface area contributed by atoms with E-state index in [1.165, 1.54) is 0 Å². The first-order valence-corrected chi connectivity index (χ1v) is 7.34. The second-order valence-electron chi connectivity index (χ2n) is 6.35. The van der Waals surface area contributed by atoms with Crippen LogP contribution in [0.5, 0.6) is 0 Å². The van der Waals surface area contributed by atoms with Gasteiger partial charge in [0.1, 0.15) is 5.78 Å². The van der Waals surface area contributed by atoms with Crippen molar-refractivity contribution in [3.63, 3.8) is 0 Å². The third kappa shape index (κ3) is 1.69. The van der Waals surface area contributed by atoms with Crippen LogP contribution >= 0.6 is 0 Å². The lowest BCUT2D eigenvalue weighted by Gasteiger charge is -2.47. The van der Waals surface area contributed by atoms with Gasteiger partial charge in [0.25, 0.3) is 0 Å². The minimum Gasteiger partial charge on any atom is -0.388 e. The normalized spacial score (nSPS) is 36.7. The highest BCUT2D eigenvalue weighted by Crippen LogP contribution is 2.55. The van der Waals surface area contributed by atoms with Crippen molar-refractivity contribution in [3.8, 4) is 0 Å². The Morgan fingerprint density at radius 1 is 1.25 bits per heavy atom. The summed E-state index contributed by atoms with van der Waals surface area (Å²) in [4.78, 5) is 24.9. The van der Waals surface area contributed by atoms with Crippen molar-refractivity contribution < 1.29 is 14.7 Å². The summed E-state index contributed by atoms with van der Waals surface area (Å²) in [6.07, 6.45) is 3.01. The molecule has 0 bridgehead atoms. The number of Topliss-reactive ketones (excluding diaryl/α,β-unsaturated/α-hetero) is 2. The molecule has 3 rings (SSSR count). The number of aliphatic hydroxyl groups is 1. The smallest absolute Gasteiger partial charge is 0.168 e. The van der Waals surface area contributed by atoms with E-state index >= 15 is 0 Å². The van der Waals surface area contributed by atoms with Gasteiger partial charge in [0, 0.05) is 12.0 Å². The van der Waals surface area contributed by atoms with Crippen LogP contribution in [0.25, 0.3) is 0 Å². The lowest BCUT2D eigenvalue weighted by Crippen LogP contribution is -2.55. The number of rotatable bonds is 2. The van der Waals surface area contributed by atoms with Gasteiger partial charge in [-0.05, 0) is 26.2 Å². The Morgan fingerprint density at radius 3 is 2.65 bits per heavy atom. The van der Waals surface area contributed by atoms with Crippen molar-refractivity contribution in [2.45, 2.75) is 44.6 Å². The zero-order chi connectivity index (χ0) is 14.4. The molecule has 2 saturated carbocycles. The molecule has 0 spiro atoms. The number of carbonyl (C=O) groups excluding carboxylic acids is 2. The highest BCUT2D eigenvalue weighted by molar-refractivity contribution is 6.00. The van der Waals surface area contributed by atoms with Gasteiger partial charge in [0.15, 0.2) is 5.78 Å². The maximum absolute atomic E-state index is 12.7. The number of hydrogen-bond donors (Lipinski definition) is 1. The third-order valence-corrected chi connectivity index (χ3v) is 5.42. The Morgan fingerprint density at radius 2 is 1.95 bits per heavy atom. The summed E-state index contributed by atoms with van der Waals surface area (Å²) in [7, 11) is 0. The molecule has 3 nitrogen and oxygen atoms in total. The Bertz CT molecular complexity index is 551. The molecule has 3 unspecified atom stereocenters. The monoisotopic (exact) mass is 272 g/mol. The summed E-state index contributed by atoms with van der Waals surface area (Å²) >= 11 is 0. The summed E-state index contributed by atoms with van der Waals surface area (Å²) in [5.74, 6) is -0.352. The molecule has 0 aromatic heterocycles. The van der Waals surface area contributed by atoms with Gasteiger partial charge in [-0.15, -0.1) is 0 Å². The number of carbonyl (C=O) groups is 2. The average molecular weight is 272 g/mol. The molecule has 20 heavy (non-hydrogen) atoms. The average Bonchev–Trinajstić information content (AvgIpc) is 2.71. The number of fused-ring (bicyclic) bond motifs is 1. The summed E-state index contributed by atoms with van der Waals surface area (Å²) < 4.78 is 0. The molecule has 1 N–H and O–H groups in total.